The van der Waals surface area contributed by atoms with Gasteiger partial charge in [-0.05, 0) is 18.2 Å². The average molecular weight is 448 g/mol. The van der Waals surface area contributed by atoms with E-state index in [4.69, 9.17) is 18.6 Å². The van der Waals surface area contributed by atoms with Gasteiger partial charge in [-0.25, -0.2) is 0 Å². The van der Waals surface area contributed by atoms with Crippen molar-refractivity contribution in [3.63, 3.8) is 0 Å². The molecule has 0 bridgehead atoms. The van der Waals surface area contributed by atoms with Crippen molar-refractivity contribution in [1.82, 2.24) is 0 Å². The summed E-state index contributed by atoms with van der Waals surface area (Å²) in [5.41, 5.74) is -0.810. The molecule has 4 rings (SSSR count). The third-order valence-corrected chi connectivity index (χ3v) is 5.09. The summed E-state index contributed by atoms with van der Waals surface area (Å²) < 4.78 is 21.7. The fraction of sp³-hybridized carbons (Fsp3) is 0.286. The number of fused-ring (bicyclic) bond motifs is 1. The highest BCUT2D eigenvalue weighted by Crippen LogP contribution is 2.39. The minimum Gasteiger partial charge on any atom is -0.508 e. The molecule has 6 N–H and O–H groups in total. The summed E-state index contributed by atoms with van der Waals surface area (Å²) in [4.78, 5) is 13.2. The number of hydrogen-bond donors (Lipinski definition) is 6. The zero-order chi connectivity index (χ0) is 23.2. The van der Waals surface area contributed by atoms with Gasteiger partial charge in [0.05, 0.1) is 13.7 Å². The van der Waals surface area contributed by atoms with Crippen molar-refractivity contribution in [1.29, 1.82) is 0 Å². The molecule has 11 nitrogen and oxygen atoms in total. The highest BCUT2D eigenvalue weighted by Gasteiger charge is 2.44. The second-order valence-electron chi connectivity index (χ2n) is 7.14. The Morgan fingerprint density at radius 2 is 1.78 bits per heavy atom. The van der Waals surface area contributed by atoms with E-state index in [0.29, 0.717) is 0 Å². The van der Waals surface area contributed by atoms with Gasteiger partial charge in [-0.1, -0.05) is 0 Å². The summed E-state index contributed by atoms with van der Waals surface area (Å²) in [7, 11) is 1.32. The molecular weight excluding hydrogens is 428 g/mol. The van der Waals surface area contributed by atoms with Gasteiger partial charge in [-0.3, -0.25) is 4.79 Å². The van der Waals surface area contributed by atoms with Gasteiger partial charge >= 0.3 is 0 Å². The summed E-state index contributed by atoms with van der Waals surface area (Å²) in [5, 5.41) is 59.0. The number of benzene rings is 2. The van der Waals surface area contributed by atoms with E-state index in [1.165, 1.54) is 25.3 Å². The van der Waals surface area contributed by atoms with E-state index in [9.17, 15) is 35.4 Å². The molecule has 11 heteroatoms. The number of phenols is 3. The van der Waals surface area contributed by atoms with E-state index in [1.807, 2.05) is 0 Å². The summed E-state index contributed by atoms with van der Waals surface area (Å²) in [6, 6.07) is 6.10. The smallest absolute Gasteiger partial charge is 0.239 e. The van der Waals surface area contributed by atoms with Crippen LogP contribution < -0.4 is 14.9 Å². The number of rotatable bonds is 5. The molecule has 2 heterocycles. The van der Waals surface area contributed by atoms with Crippen LogP contribution in [0.25, 0.3) is 22.3 Å². The molecule has 0 amide bonds. The van der Waals surface area contributed by atoms with E-state index in [2.05, 4.69) is 0 Å². The lowest BCUT2D eigenvalue weighted by molar-refractivity contribution is -0.117. The van der Waals surface area contributed by atoms with Crippen LogP contribution in [0, 0.1) is 0 Å². The molecule has 0 radical (unpaired) electrons. The number of methoxy groups -OCH3 is 1. The van der Waals surface area contributed by atoms with Crippen LogP contribution in [0.4, 0.5) is 0 Å². The zero-order valence-electron chi connectivity index (χ0n) is 16.6. The van der Waals surface area contributed by atoms with Gasteiger partial charge < -0.3 is 49.3 Å². The maximum absolute atomic E-state index is 13.2. The molecule has 0 aliphatic carbocycles. The SMILES string of the molecule is COc1cc(-c2oc3cc(O)cc(O)c3c(=O)c2O[C@@H]2O[C@@H](CO)C(O)C2O)ccc1O. The molecule has 4 atom stereocenters. The summed E-state index contributed by atoms with van der Waals surface area (Å²) in [6.07, 6.45) is -5.76. The Morgan fingerprint density at radius 3 is 2.44 bits per heavy atom. The highest BCUT2D eigenvalue weighted by atomic mass is 16.7. The average Bonchev–Trinajstić information content (AvgIpc) is 3.03. The second kappa shape index (κ2) is 8.20. The van der Waals surface area contributed by atoms with Gasteiger partial charge in [-0.15, -0.1) is 0 Å². The van der Waals surface area contributed by atoms with Crippen LogP contribution in [0.1, 0.15) is 0 Å². The normalized spacial score (nSPS) is 22.9. The number of aliphatic hydroxyl groups excluding tert-OH is 3. The number of ether oxygens (including phenoxy) is 3. The third kappa shape index (κ3) is 3.56. The Hall–Kier alpha value is -3.51. The monoisotopic (exact) mass is 448 g/mol. The molecule has 0 spiro atoms. The van der Waals surface area contributed by atoms with Crippen LogP contribution >= 0.6 is 0 Å². The van der Waals surface area contributed by atoms with Crippen LogP contribution in [0.15, 0.2) is 39.5 Å². The molecule has 0 saturated carbocycles. The first-order valence-corrected chi connectivity index (χ1v) is 9.44. The molecule has 1 aliphatic rings. The van der Waals surface area contributed by atoms with Crippen molar-refractivity contribution >= 4 is 11.0 Å². The van der Waals surface area contributed by atoms with Crippen LogP contribution in [0.3, 0.4) is 0 Å². The maximum atomic E-state index is 13.2. The van der Waals surface area contributed by atoms with E-state index >= 15 is 0 Å². The van der Waals surface area contributed by atoms with Crippen molar-refractivity contribution in [2.75, 3.05) is 13.7 Å². The summed E-state index contributed by atoms with van der Waals surface area (Å²) in [6.45, 7) is -0.605. The maximum Gasteiger partial charge on any atom is 0.239 e. The minimum atomic E-state index is -1.60. The Bertz CT molecular complexity index is 1220. The molecule has 2 unspecified atom stereocenters. The molecule has 1 saturated heterocycles. The topological polar surface area (TPSA) is 179 Å². The lowest BCUT2D eigenvalue weighted by Gasteiger charge is -2.19. The quantitative estimate of drug-likeness (QED) is 0.318. The molecule has 32 heavy (non-hydrogen) atoms. The Labute approximate surface area is 179 Å². The fourth-order valence-electron chi connectivity index (χ4n) is 3.46. The molecule has 2 aromatic carbocycles. The lowest BCUT2D eigenvalue weighted by atomic mass is 10.1. The van der Waals surface area contributed by atoms with Gasteiger partial charge in [0.25, 0.3) is 0 Å². The summed E-state index contributed by atoms with van der Waals surface area (Å²) in [5.74, 6) is -1.73. The molecule has 1 aromatic heterocycles. The Kier molecular flexibility index (Phi) is 5.57. The number of aromatic hydroxyl groups is 3. The van der Waals surface area contributed by atoms with Crippen LogP contribution in [0.5, 0.6) is 28.7 Å². The van der Waals surface area contributed by atoms with Crippen molar-refractivity contribution in [3.05, 3.63) is 40.6 Å². The van der Waals surface area contributed by atoms with Gasteiger partial charge in [0.2, 0.25) is 17.5 Å². The largest absolute Gasteiger partial charge is 0.508 e. The van der Waals surface area contributed by atoms with E-state index < -0.39 is 48.1 Å². The standard InChI is InChI=1S/C21H20O11/c1-29-12-4-8(2-3-10(12)24)19-20(32-21-18(28)16(26)14(7-22)31-21)17(27)15-11(25)5-9(23)6-13(15)30-19/h2-6,14,16,18,21-26,28H,7H2,1H3/t14-,16?,18?,21-/m0/s1. The van der Waals surface area contributed by atoms with Crippen molar-refractivity contribution in [3.8, 4) is 40.1 Å². The highest BCUT2D eigenvalue weighted by molar-refractivity contribution is 5.88. The van der Waals surface area contributed by atoms with Crippen molar-refractivity contribution in [2.45, 2.75) is 24.6 Å². The van der Waals surface area contributed by atoms with E-state index in [1.54, 1.807) is 0 Å². The van der Waals surface area contributed by atoms with Crippen LogP contribution in [-0.2, 0) is 4.74 Å². The molecule has 1 aliphatic heterocycles. The first kappa shape index (κ1) is 21.7. The van der Waals surface area contributed by atoms with Crippen molar-refractivity contribution < 1.29 is 49.3 Å². The number of phenolic OH excluding ortho intramolecular Hbond substituents is 3. The number of aliphatic hydroxyl groups is 3. The van der Waals surface area contributed by atoms with E-state index in [0.717, 1.165) is 12.1 Å². The van der Waals surface area contributed by atoms with E-state index in [-0.39, 0.29) is 39.5 Å². The van der Waals surface area contributed by atoms with Gasteiger partial charge in [0.15, 0.2) is 17.3 Å². The molecule has 1 fully saturated rings. The Morgan fingerprint density at radius 1 is 1.03 bits per heavy atom. The van der Waals surface area contributed by atoms with Gasteiger partial charge in [-0.2, -0.15) is 0 Å². The second-order valence-corrected chi connectivity index (χ2v) is 7.14. The van der Waals surface area contributed by atoms with Gasteiger partial charge in [0.1, 0.15) is 40.8 Å². The van der Waals surface area contributed by atoms with Crippen LogP contribution in [0.2, 0.25) is 0 Å². The zero-order valence-corrected chi connectivity index (χ0v) is 16.6. The lowest BCUT2D eigenvalue weighted by Crippen LogP contribution is -2.36. The predicted octanol–water partition coefficient (Wildman–Crippen LogP) is 0.403. The molecule has 3 aromatic rings. The van der Waals surface area contributed by atoms with Crippen molar-refractivity contribution in [2.24, 2.45) is 0 Å². The number of hydrogen-bond acceptors (Lipinski definition) is 11. The first-order chi connectivity index (χ1) is 15.2. The summed E-state index contributed by atoms with van der Waals surface area (Å²) >= 11 is 0. The predicted molar refractivity (Wildman–Crippen MR) is 108 cm³/mol. The minimum absolute atomic E-state index is 0.0582. The molecular formula is C21H20O11. The van der Waals surface area contributed by atoms with Crippen LogP contribution in [-0.4, -0.2) is 69.0 Å². The third-order valence-electron chi connectivity index (χ3n) is 5.09. The Balaban J connectivity index is 1.93. The first-order valence-electron chi connectivity index (χ1n) is 9.44. The molecule has 170 valence electrons. The fourth-order valence-corrected chi connectivity index (χ4v) is 3.46. The van der Waals surface area contributed by atoms with Gasteiger partial charge in [0, 0.05) is 17.7 Å².